The molecular weight excluding hydrogens is 290 g/mol. The van der Waals surface area contributed by atoms with Crippen molar-refractivity contribution in [1.82, 2.24) is 4.90 Å². The summed E-state index contributed by atoms with van der Waals surface area (Å²) in [5, 5.41) is 0. The normalized spacial score (nSPS) is 15.2. The molecule has 0 saturated carbocycles. The molecule has 1 saturated heterocycles. The highest BCUT2D eigenvalue weighted by atomic mass is 32.2. The summed E-state index contributed by atoms with van der Waals surface area (Å²) in [6.45, 7) is 9.41. The highest BCUT2D eigenvalue weighted by Gasteiger charge is 2.09. The van der Waals surface area contributed by atoms with E-state index in [4.69, 9.17) is 4.74 Å². The van der Waals surface area contributed by atoms with Crippen molar-refractivity contribution in [3.05, 3.63) is 48.2 Å². The number of thioether (sulfide) groups is 1. The average molecular weight is 317 g/mol. The third kappa shape index (κ3) is 5.80. The van der Waals surface area contributed by atoms with Gasteiger partial charge in [0.15, 0.2) is 0 Å². The topological polar surface area (TPSA) is 12.5 Å². The predicted molar refractivity (Wildman–Crippen MR) is 98.5 cm³/mol. The zero-order chi connectivity index (χ0) is 15.6. The molecule has 22 heavy (non-hydrogen) atoms. The van der Waals surface area contributed by atoms with Crippen LogP contribution in [-0.4, -0.2) is 36.1 Å². The second kappa shape index (κ2) is 9.62. The third-order valence-corrected chi connectivity index (χ3v) is 4.72. The molecule has 3 heteroatoms. The summed E-state index contributed by atoms with van der Waals surface area (Å²) in [4.78, 5) is 2.36. The lowest BCUT2D eigenvalue weighted by Crippen LogP contribution is -2.30. The summed E-state index contributed by atoms with van der Waals surface area (Å²) in [5.74, 6) is 3.37. The molecule has 0 unspecified atom stereocenters. The lowest BCUT2D eigenvalue weighted by molar-refractivity contribution is 0.306. The molecule has 0 amide bonds. The molecule has 1 heterocycles. The highest BCUT2D eigenvalue weighted by Crippen LogP contribution is 2.17. The molecule has 0 N–H and O–H groups in total. The number of ether oxygens (including phenoxy) is 1. The number of unbranched alkanes of at least 4 members (excludes halogenated alkanes) is 2. The Kier molecular flexibility index (Phi) is 7.44. The quantitative estimate of drug-likeness (QED) is 0.503. The van der Waals surface area contributed by atoms with Crippen LogP contribution >= 0.6 is 11.8 Å². The molecule has 0 bridgehead atoms. The minimum atomic E-state index is 0.812. The van der Waals surface area contributed by atoms with Crippen molar-refractivity contribution in [2.24, 2.45) is 0 Å². The van der Waals surface area contributed by atoms with E-state index in [9.17, 15) is 0 Å². The molecule has 0 spiro atoms. The van der Waals surface area contributed by atoms with E-state index >= 15 is 0 Å². The minimum absolute atomic E-state index is 0.812. The second-order valence-electron chi connectivity index (χ2n) is 5.55. The first kappa shape index (κ1) is 17.0. The first-order valence-corrected chi connectivity index (χ1v) is 9.37. The van der Waals surface area contributed by atoms with Crippen LogP contribution in [0.25, 0.3) is 6.08 Å². The van der Waals surface area contributed by atoms with Gasteiger partial charge in [-0.1, -0.05) is 44.6 Å². The van der Waals surface area contributed by atoms with Crippen molar-refractivity contribution in [3.8, 4) is 5.75 Å². The van der Waals surface area contributed by atoms with E-state index in [1.165, 1.54) is 29.9 Å². The fraction of sp³-hybridized carbons (Fsp3) is 0.474. The lowest BCUT2D eigenvalue weighted by Gasteiger charge is -2.28. The molecule has 0 aromatic heterocycles. The number of nitrogens with zero attached hydrogens (tertiary/aromatic N) is 1. The molecule has 2 rings (SSSR count). The van der Waals surface area contributed by atoms with E-state index in [0.29, 0.717) is 0 Å². The standard InChI is InChI=1S/C19H27NOS/c1-3-4-5-14-21-19-10-8-18(9-11-19)7-6-17(2)20-12-15-22-16-13-20/h6-11H,2-5,12-16H2,1H3/b7-6+. The van der Waals surface area contributed by atoms with Crippen LogP contribution in [0.3, 0.4) is 0 Å². The predicted octanol–water partition coefficient (Wildman–Crippen LogP) is 4.83. The molecule has 1 fully saturated rings. The Morgan fingerprint density at radius 3 is 2.64 bits per heavy atom. The van der Waals surface area contributed by atoms with Gasteiger partial charge in [-0.05, 0) is 30.2 Å². The Morgan fingerprint density at radius 2 is 1.95 bits per heavy atom. The van der Waals surface area contributed by atoms with Gasteiger partial charge in [-0.3, -0.25) is 0 Å². The molecule has 0 radical (unpaired) electrons. The van der Waals surface area contributed by atoms with Gasteiger partial charge in [0.25, 0.3) is 0 Å². The Balaban J connectivity index is 1.79. The summed E-state index contributed by atoms with van der Waals surface area (Å²) in [6, 6.07) is 8.30. The van der Waals surface area contributed by atoms with E-state index in [2.05, 4.69) is 42.7 Å². The molecule has 1 aromatic rings. The van der Waals surface area contributed by atoms with Crippen molar-refractivity contribution in [1.29, 1.82) is 0 Å². The van der Waals surface area contributed by atoms with Gasteiger partial charge in [0.05, 0.1) is 6.61 Å². The maximum atomic E-state index is 5.73. The van der Waals surface area contributed by atoms with E-state index in [0.717, 1.165) is 37.6 Å². The van der Waals surface area contributed by atoms with Crippen molar-refractivity contribution >= 4 is 17.8 Å². The fourth-order valence-corrected chi connectivity index (χ4v) is 3.27. The molecule has 0 aliphatic carbocycles. The van der Waals surface area contributed by atoms with Crippen molar-refractivity contribution in [3.63, 3.8) is 0 Å². The van der Waals surface area contributed by atoms with Crippen LogP contribution in [0, 0.1) is 0 Å². The Hall–Kier alpha value is -1.35. The molecule has 1 aliphatic rings. The minimum Gasteiger partial charge on any atom is -0.494 e. The zero-order valence-electron chi connectivity index (χ0n) is 13.6. The Labute approximate surface area is 139 Å². The van der Waals surface area contributed by atoms with Crippen molar-refractivity contribution < 1.29 is 4.74 Å². The van der Waals surface area contributed by atoms with Crippen molar-refractivity contribution in [2.75, 3.05) is 31.2 Å². The summed E-state index contributed by atoms with van der Waals surface area (Å²) >= 11 is 2.02. The maximum absolute atomic E-state index is 5.73. The van der Waals surface area contributed by atoms with Crippen LogP contribution in [0.2, 0.25) is 0 Å². The van der Waals surface area contributed by atoms with E-state index in [-0.39, 0.29) is 0 Å². The maximum Gasteiger partial charge on any atom is 0.119 e. The third-order valence-electron chi connectivity index (χ3n) is 3.78. The van der Waals surface area contributed by atoms with Crippen LogP contribution in [0.1, 0.15) is 31.7 Å². The summed E-state index contributed by atoms with van der Waals surface area (Å²) in [6.07, 6.45) is 7.84. The highest BCUT2D eigenvalue weighted by molar-refractivity contribution is 7.99. The zero-order valence-corrected chi connectivity index (χ0v) is 14.4. The van der Waals surface area contributed by atoms with Crippen LogP contribution in [0.4, 0.5) is 0 Å². The van der Waals surface area contributed by atoms with Crippen LogP contribution < -0.4 is 4.74 Å². The molecule has 0 atom stereocenters. The van der Waals surface area contributed by atoms with Gasteiger partial charge in [-0.2, -0.15) is 11.8 Å². The van der Waals surface area contributed by atoms with Crippen LogP contribution in [0.15, 0.2) is 42.6 Å². The van der Waals surface area contributed by atoms with Crippen LogP contribution in [-0.2, 0) is 0 Å². The number of benzene rings is 1. The number of hydrogen-bond acceptors (Lipinski definition) is 3. The SMILES string of the molecule is C=C(/C=C/c1ccc(OCCCCC)cc1)N1CCSCC1. The van der Waals surface area contributed by atoms with Gasteiger partial charge in [0.2, 0.25) is 0 Å². The van der Waals surface area contributed by atoms with Gasteiger partial charge >= 0.3 is 0 Å². The van der Waals surface area contributed by atoms with Crippen LogP contribution in [0.5, 0.6) is 5.75 Å². The average Bonchev–Trinajstić information content (AvgIpc) is 2.58. The molecule has 1 aromatic carbocycles. The molecule has 2 nitrogen and oxygen atoms in total. The van der Waals surface area contributed by atoms with Gasteiger partial charge < -0.3 is 9.64 Å². The fourth-order valence-electron chi connectivity index (χ4n) is 2.37. The van der Waals surface area contributed by atoms with Gasteiger partial charge in [-0.15, -0.1) is 0 Å². The summed E-state index contributed by atoms with van der Waals surface area (Å²) in [7, 11) is 0. The van der Waals surface area contributed by atoms with E-state index in [1.54, 1.807) is 0 Å². The number of rotatable bonds is 8. The largest absolute Gasteiger partial charge is 0.494 e. The molecule has 1 aliphatic heterocycles. The Bertz CT molecular complexity index is 475. The first-order chi connectivity index (χ1) is 10.8. The van der Waals surface area contributed by atoms with Crippen molar-refractivity contribution in [2.45, 2.75) is 26.2 Å². The Morgan fingerprint density at radius 1 is 1.23 bits per heavy atom. The van der Waals surface area contributed by atoms with Gasteiger partial charge in [0, 0.05) is 30.3 Å². The molecular formula is C19H27NOS. The van der Waals surface area contributed by atoms with E-state index in [1.807, 2.05) is 23.9 Å². The second-order valence-corrected chi connectivity index (χ2v) is 6.77. The number of hydrogen-bond donors (Lipinski definition) is 0. The van der Waals surface area contributed by atoms with E-state index < -0.39 is 0 Å². The van der Waals surface area contributed by atoms with Gasteiger partial charge in [0.1, 0.15) is 5.75 Å². The lowest BCUT2D eigenvalue weighted by atomic mass is 10.2. The summed E-state index contributed by atoms with van der Waals surface area (Å²) < 4.78 is 5.73. The smallest absolute Gasteiger partial charge is 0.119 e. The van der Waals surface area contributed by atoms with Gasteiger partial charge in [-0.25, -0.2) is 0 Å². The molecule has 120 valence electrons. The monoisotopic (exact) mass is 317 g/mol. The first-order valence-electron chi connectivity index (χ1n) is 8.22. The number of allylic oxidation sites excluding steroid dienone is 1. The summed E-state index contributed by atoms with van der Waals surface area (Å²) in [5.41, 5.74) is 2.30.